The van der Waals surface area contributed by atoms with Gasteiger partial charge in [-0.25, -0.2) is 14.3 Å². The van der Waals surface area contributed by atoms with Gasteiger partial charge in [0, 0.05) is 24.7 Å². The van der Waals surface area contributed by atoms with Crippen molar-refractivity contribution in [2.45, 2.75) is 45.2 Å². The van der Waals surface area contributed by atoms with Crippen molar-refractivity contribution in [1.82, 2.24) is 19.5 Å². The number of pyridine rings is 1. The van der Waals surface area contributed by atoms with Crippen LogP contribution in [0.1, 0.15) is 42.9 Å². The monoisotopic (exact) mass is 288 g/mol. The Bertz CT molecular complexity index is 665. The summed E-state index contributed by atoms with van der Waals surface area (Å²) < 4.78 is 1.56. The zero-order valence-electron chi connectivity index (χ0n) is 12.4. The lowest BCUT2D eigenvalue weighted by atomic mass is 10.1. The number of rotatable bonds is 4. The summed E-state index contributed by atoms with van der Waals surface area (Å²) in [7, 11) is 0. The van der Waals surface area contributed by atoms with Crippen LogP contribution in [0.3, 0.4) is 0 Å². The quantitative estimate of drug-likeness (QED) is 0.929. The molecular formula is C15H20N4O2. The molecule has 6 heteroatoms. The lowest BCUT2D eigenvalue weighted by Gasteiger charge is -2.27. The molecule has 1 aliphatic heterocycles. The third-order valence-corrected chi connectivity index (χ3v) is 4.14. The first-order valence-electron chi connectivity index (χ1n) is 7.39. The number of fused-ring (bicyclic) bond motifs is 1. The number of hydrogen-bond donors (Lipinski definition) is 1. The van der Waals surface area contributed by atoms with Crippen LogP contribution >= 0.6 is 0 Å². The molecule has 21 heavy (non-hydrogen) atoms. The van der Waals surface area contributed by atoms with Crippen LogP contribution < -0.4 is 0 Å². The van der Waals surface area contributed by atoms with Gasteiger partial charge >= 0.3 is 5.97 Å². The first-order chi connectivity index (χ1) is 10.1. The topological polar surface area (TPSA) is 70.7 Å². The van der Waals surface area contributed by atoms with Gasteiger partial charge in [0.2, 0.25) is 0 Å². The minimum absolute atomic E-state index is 0.198. The van der Waals surface area contributed by atoms with Gasteiger partial charge in [0.15, 0.2) is 11.5 Å². The Labute approximate surface area is 123 Å². The summed E-state index contributed by atoms with van der Waals surface area (Å²) in [4.78, 5) is 18.1. The standard InChI is InChI=1S/C15H20N4O2/c1-10(2)18-7-3-5-11(18)9-13-16-14-12(15(20)21)6-4-8-19(14)17-13/h4,6,8,10-11H,3,5,7,9H2,1-2H3,(H,20,21). The molecule has 2 aromatic rings. The number of likely N-dealkylation sites (tertiary alicyclic amines) is 1. The molecule has 0 saturated carbocycles. The summed E-state index contributed by atoms with van der Waals surface area (Å²) in [6.45, 7) is 5.53. The van der Waals surface area contributed by atoms with Crippen molar-refractivity contribution in [3.8, 4) is 0 Å². The Morgan fingerprint density at radius 1 is 1.52 bits per heavy atom. The minimum atomic E-state index is -0.968. The molecule has 0 spiro atoms. The lowest BCUT2D eigenvalue weighted by Crippen LogP contribution is -2.36. The van der Waals surface area contributed by atoms with E-state index in [1.165, 1.54) is 6.42 Å². The van der Waals surface area contributed by atoms with Gasteiger partial charge in [0.05, 0.1) is 0 Å². The van der Waals surface area contributed by atoms with E-state index < -0.39 is 5.97 Å². The van der Waals surface area contributed by atoms with Gasteiger partial charge in [-0.1, -0.05) is 0 Å². The predicted octanol–water partition coefficient (Wildman–Crippen LogP) is 1.84. The number of carbonyl (C=O) groups is 1. The maximum atomic E-state index is 11.2. The number of aromatic carboxylic acids is 1. The normalized spacial score (nSPS) is 19.7. The fourth-order valence-corrected chi connectivity index (χ4v) is 3.17. The molecule has 1 atom stereocenters. The van der Waals surface area contributed by atoms with Gasteiger partial charge < -0.3 is 5.11 Å². The maximum absolute atomic E-state index is 11.2. The zero-order valence-corrected chi connectivity index (χ0v) is 12.4. The third-order valence-electron chi connectivity index (χ3n) is 4.14. The van der Waals surface area contributed by atoms with Crippen LogP contribution in [0.25, 0.3) is 5.65 Å². The average Bonchev–Trinajstić information content (AvgIpc) is 3.03. The summed E-state index contributed by atoms with van der Waals surface area (Å²) in [6.07, 6.45) is 4.88. The molecule has 6 nitrogen and oxygen atoms in total. The van der Waals surface area contributed by atoms with Crippen molar-refractivity contribution in [3.63, 3.8) is 0 Å². The highest BCUT2D eigenvalue weighted by Gasteiger charge is 2.28. The Hall–Kier alpha value is -1.95. The van der Waals surface area contributed by atoms with Crippen LogP contribution in [-0.4, -0.2) is 49.2 Å². The highest BCUT2D eigenvalue weighted by Crippen LogP contribution is 2.22. The summed E-state index contributed by atoms with van der Waals surface area (Å²) in [5, 5.41) is 13.6. The molecule has 1 saturated heterocycles. The number of hydrogen-bond acceptors (Lipinski definition) is 4. The SMILES string of the molecule is CC(C)N1CCCC1Cc1nc2c(C(=O)O)cccn2n1. The van der Waals surface area contributed by atoms with Crippen LogP contribution in [0.4, 0.5) is 0 Å². The molecule has 1 fully saturated rings. The summed E-state index contributed by atoms with van der Waals surface area (Å²) >= 11 is 0. The van der Waals surface area contributed by atoms with Gasteiger partial charge in [-0.3, -0.25) is 4.90 Å². The van der Waals surface area contributed by atoms with E-state index in [4.69, 9.17) is 0 Å². The Morgan fingerprint density at radius 3 is 3.05 bits per heavy atom. The molecule has 1 N–H and O–H groups in total. The Balaban J connectivity index is 1.88. The van der Waals surface area contributed by atoms with Gasteiger partial charge in [0.1, 0.15) is 5.56 Å². The lowest BCUT2D eigenvalue weighted by molar-refractivity contribution is 0.0698. The smallest absolute Gasteiger partial charge is 0.339 e. The van der Waals surface area contributed by atoms with E-state index in [1.807, 2.05) is 0 Å². The molecule has 0 amide bonds. The molecule has 3 rings (SSSR count). The fraction of sp³-hybridized carbons (Fsp3) is 0.533. The third kappa shape index (κ3) is 2.63. The van der Waals surface area contributed by atoms with Gasteiger partial charge in [0.25, 0.3) is 0 Å². The molecule has 1 unspecified atom stereocenters. The molecule has 0 radical (unpaired) electrons. The minimum Gasteiger partial charge on any atom is -0.478 e. The number of carboxylic acid groups (broad SMARTS) is 1. The van der Waals surface area contributed by atoms with Crippen molar-refractivity contribution in [3.05, 3.63) is 29.7 Å². The molecule has 1 aliphatic rings. The second-order valence-electron chi connectivity index (χ2n) is 5.85. The molecule has 0 bridgehead atoms. The predicted molar refractivity (Wildman–Crippen MR) is 78.5 cm³/mol. The molecule has 112 valence electrons. The maximum Gasteiger partial charge on any atom is 0.339 e. The first kappa shape index (κ1) is 14.0. The van der Waals surface area contributed by atoms with Gasteiger partial charge in [-0.15, -0.1) is 0 Å². The van der Waals surface area contributed by atoms with Gasteiger partial charge in [-0.05, 0) is 45.4 Å². The molecule has 0 aromatic carbocycles. The van der Waals surface area contributed by atoms with E-state index in [2.05, 4.69) is 28.8 Å². The zero-order chi connectivity index (χ0) is 15.0. The average molecular weight is 288 g/mol. The first-order valence-corrected chi connectivity index (χ1v) is 7.39. The van der Waals surface area contributed by atoms with E-state index in [1.54, 1.807) is 22.8 Å². The Kier molecular flexibility index (Phi) is 3.63. The van der Waals surface area contributed by atoms with Crippen molar-refractivity contribution in [2.75, 3.05) is 6.54 Å². The highest BCUT2D eigenvalue weighted by molar-refractivity contribution is 5.94. The largest absolute Gasteiger partial charge is 0.478 e. The summed E-state index contributed by atoms with van der Waals surface area (Å²) in [6, 6.07) is 4.22. The van der Waals surface area contributed by atoms with Crippen LogP contribution in [0.15, 0.2) is 18.3 Å². The van der Waals surface area contributed by atoms with Crippen molar-refractivity contribution >= 4 is 11.6 Å². The fourth-order valence-electron chi connectivity index (χ4n) is 3.17. The number of aromatic nitrogens is 3. The van der Waals surface area contributed by atoms with Crippen molar-refractivity contribution in [2.24, 2.45) is 0 Å². The summed E-state index contributed by atoms with van der Waals surface area (Å²) in [5.41, 5.74) is 0.623. The summed E-state index contributed by atoms with van der Waals surface area (Å²) in [5.74, 6) is -0.245. The molecular weight excluding hydrogens is 268 g/mol. The van der Waals surface area contributed by atoms with E-state index in [-0.39, 0.29) is 5.56 Å². The van der Waals surface area contributed by atoms with E-state index in [0.29, 0.717) is 17.7 Å². The van der Waals surface area contributed by atoms with Gasteiger partial charge in [-0.2, -0.15) is 5.10 Å². The number of carboxylic acids is 1. The van der Waals surface area contributed by atoms with Crippen molar-refractivity contribution in [1.29, 1.82) is 0 Å². The van der Waals surface area contributed by atoms with E-state index in [9.17, 15) is 9.90 Å². The Morgan fingerprint density at radius 2 is 2.33 bits per heavy atom. The van der Waals surface area contributed by atoms with E-state index >= 15 is 0 Å². The number of nitrogens with zero attached hydrogens (tertiary/aromatic N) is 4. The second-order valence-corrected chi connectivity index (χ2v) is 5.85. The molecule has 0 aliphatic carbocycles. The highest BCUT2D eigenvalue weighted by atomic mass is 16.4. The molecule has 2 aromatic heterocycles. The van der Waals surface area contributed by atoms with Crippen LogP contribution in [0, 0.1) is 0 Å². The van der Waals surface area contributed by atoms with Crippen LogP contribution in [0.5, 0.6) is 0 Å². The second kappa shape index (κ2) is 5.44. The van der Waals surface area contributed by atoms with Crippen LogP contribution in [0.2, 0.25) is 0 Å². The van der Waals surface area contributed by atoms with E-state index in [0.717, 1.165) is 25.2 Å². The van der Waals surface area contributed by atoms with Crippen molar-refractivity contribution < 1.29 is 9.90 Å². The van der Waals surface area contributed by atoms with Crippen LogP contribution in [-0.2, 0) is 6.42 Å². The molecule has 3 heterocycles.